The lowest BCUT2D eigenvalue weighted by atomic mass is 10.1. The van der Waals surface area contributed by atoms with E-state index in [1.165, 1.54) is 16.8 Å². The highest BCUT2D eigenvalue weighted by molar-refractivity contribution is 5.68. The highest BCUT2D eigenvalue weighted by Crippen LogP contribution is 2.36. The maximum absolute atomic E-state index is 4.16. The fraction of sp³-hybridized carbons (Fsp3) is 0.182. The number of imidazole rings is 1. The predicted octanol–water partition coefficient (Wildman–Crippen LogP) is 1.63. The molecule has 3 nitrogen and oxygen atoms in total. The lowest BCUT2D eigenvalue weighted by Crippen LogP contribution is -2.20. The number of hydrogen-bond acceptors (Lipinski definition) is 2. The monoisotopic (exact) mass is 185 g/mol. The summed E-state index contributed by atoms with van der Waals surface area (Å²) < 4.78 is 2.16. The number of fused-ring (bicyclic) bond motifs is 3. The van der Waals surface area contributed by atoms with Crippen LogP contribution in [-0.2, 0) is 0 Å². The summed E-state index contributed by atoms with van der Waals surface area (Å²) in [4.78, 5) is 4.16. The van der Waals surface area contributed by atoms with E-state index in [9.17, 15) is 0 Å². The van der Waals surface area contributed by atoms with Crippen LogP contribution in [0.2, 0.25) is 0 Å². The largest absolute Gasteiger partial charge is 0.310 e. The zero-order valence-corrected chi connectivity index (χ0v) is 7.94. The van der Waals surface area contributed by atoms with Crippen molar-refractivity contribution in [1.82, 2.24) is 14.9 Å². The van der Waals surface area contributed by atoms with Crippen LogP contribution in [0.1, 0.15) is 11.7 Å². The van der Waals surface area contributed by atoms with Gasteiger partial charge in [0.05, 0.1) is 18.2 Å². The summed E-state index contributed by atoms with van der Waals surface area (Å²) in [6.07, 6.45) is 4.02. The Balaban J connectivity index is 2.30. The molecule has 0 aliphatic carbocycles. The molecule has 3 rings (SSSR count). The van der Waals surface area contributed by atoms with E-state index >= 15 is 0 Å². The van der Waals surface area contributed by atoms with E-state index in [-0.39, 0.29) is 6.17 Å². The first-order valence-electron chi connectivity index (χ1n) is 4.70. The lowest BCUT2D eigenvalue weighted by Gasteiger charge is -2.12. The van der Waals surface area contributed by atoms with Gasteiger partial charge < -0.3 is 4.57 Å². The van der Waals surface area contributed by atoms with Crippen LogP contribution >= 0.6 is 0 Å². The minimum atomic E-state index is 0.240. The minimum Gasteiger partial charge on any atom is -0.310 e. The molecule has 1 aromatic carbocycles. The van der Waals surface area contributed by atoms with Gasteiger partial charge in [-0.1, -0.05) is 24.3 Å². The molecule has 0 bridgehead atoms. The Morgan fingerprint density at radius 1 is 1.36 bits per heavy atom. The van der Waals surface area contributed by atoms with E-state index in [4.69, 9.17) is 0 Å². The second-order valence-electron chi connectivity index (χ2n) is 3.46. The molecule has 1 N–H and O–H groups in total. The standard InChI is InChI=1S/C11H11N3/c1-12-11-9-5-3-2-4-8(9)10-6-13-7-14(10)11/h2-7,11-12H,1H3. The van der Waals surface area contributed by atoms with Crippen molar-refractivity contribution in [2.75, 3.05) is 7.05 Å². The molecule has 0 fully saturated rings. The molecule has 3 heteroatoms. The average Bonchev–Trinajstić information content (AvgIpc) is 2.77. The van der Waals surface area contributed by atoms with E-state index in [2.05, 4.69) is 39.1 Å². The molecule has 1 aromatic heterocycles. The van der Waals surface area contributed by atoms with Crippen LogP contribution in [-0.4, -0.2) is 16.6 Å². The molecule has 70 valence electrons. The molecule has 0 radical (unpaired) electrons. The fourth-order valence-corrected chi connectivity index (χ4v) is 2.13. The quantitative estimate of drug-likeness (QED) is 0.731. The third-order valence-electron chi connectivity index (χ3n) is 2.75. The predicted molar refractivity (Wildman–Crippen MR) is 54.9 cm³/mol. The summed E-state index contributed by atoms with van der Waals surface area (Å²) in [5.41, 5.74) is 3.80. The smallest absolute Gasteiger partial charge is 0.112 e. The van der Waals surface area contributed by atoms with E-state index < -0.39 is 0 Å². The zero-order valence-electron chi connectivity index (χ0n) is 7.94. The van der Waals surface area contributed by atoms with Crippen molar-refractivity contribution in [3.8, 4) is 11.3 Å². The van der Waals surface area contributed by atoms with Gasteiger partial charge in [0.25, 0.3) is 0 Å². The van der Waals surface area contributed by atoms with E-state index in [0.29, 0.717) is 0 Å². The third kappa shape index (κ3) is 0.822. The summed E-state index contributed by atoms with van der Waals surface area (Å²) in [6, 6.07) is 8.43. The number of nitrogens with zero attached hydrogens (tertiary/aromatic N) is 2. The van der Waals surface area contributed by atoms with Gasteiger partial charge in [0.1, 0.15) is 6.17 Å². The number of aromatic nitrogens is 2. The Morgan fingerprint density at radius 3 is 3.07 bits per heavy atom. The maximum atomic E-state index is 4.16. The third-order valence-corrected chi connectivity index (χ3v) is 2.75. The summed E-state index contributed by atoms with van der Waals surface area (Å²) in [5.74, 6) is 0. The topological polar surface area (TPSA) is 29.9 Å². The van der Waals surface area contributed by atoms with Gasteiger partial charge in [0.2, 0.25) is 0 Å². The molecule has 0 spiro atoms. The zero-order chi connectivity index (χ0) is 9.54. The number of benzene rings is 1. The number of nitrogens with one attached hydrogen (secondary N) is 1. The second-order valence-corrected chi connectivity index (χ2v) is 3.46. The van der Waals surface area contributed by atoms with Crippen LogP contribution in [0.3, 0.4) is 0 Å². The van der Waals surface area contributed by atoms with Crippen LogP contribution in [0.15, 0.2) is 36.8 Å². The van der Waals surface area contributed by atoms with Crippen LogP contribution in [0.4, 0.5) is 0 Å². The Hall–Kier alpha value is -1.61. The summed E-state index contributed by atoms with van der Waals surface area (Å²) in [7, 11) is 1.97. The van der Waals surface area contributed by atoms with Crippen molar-refractivity contribution >= 4 is 0 Å². The Kier molecular flexibility index (Phi) is 1.49. The molecular weight excluding hydrogens is 174 g/mol. The molecule has 2 heterocycles. The molecule has 1 unspecified atom stereocenters. The second kappa shape index (κ2) is 2.69. The summed E-state index contributed by atoms with van der Waals surface area (Å²) >= 11 is 0. The van der Waals surface area contributed by atoms with Crippen LogP contribution in [0.25, 0.3) is 11.3 Å². The average molecular weight is 185 g/mol. The molecule has 2 aromatic rings. The SMILES string of the molecule is CNC1c2ccccc2-c2cncn21. The normalized spacial score (nSPS) is 17.9. The number of rotatable bonds is 1. The van der Waals surface area contributed by atoms with E-state index in [1.54, 1.807) is 0 Å². The van der Waals surface area contributed by atoms with Crippen LogP contribution < -0.4 is 5.32 Å². The van der Waals surface area contributed by atoms with Crippen molar-refractivity contribution in [2.45, 2.75) is 6.17 Å². The van der Waals surface area contributed by atoms with Crippen LogP contribution in [0.5, 0.6) is 0 Å². The fourth-order valence-electron chi connectivity index (χ4n) is 2.13. The molecule has 0 amide bonds. The number of hydrogen-bond donors (Lipinski definition) is 1. The first kappa shape index (κ1) is 7.76. The molecule has 0 saturated heterocycles. The molecule has 14 heavy (non-hydrogen) atoms. The highest BCUT2D eigenvalue weighted by atomic mass is 15.2. The van der Waals surface area contributed by atoms with Crippen molar-refractivity contribution in [3.05, 3.63) is 42.4 Å². The van der Waals surface area contributed by atoms with Gasteiger partial charge in [-0.25, -0.2) is 4.98 Å². The van der Waals surface area contributed by atoms with Gasteiger partial charge >= 0.3 is 0 Å². The Morgan fingerprint density at radius 2 is 2.21 bits per heavy atom. The molecule has 1 atom stereocenters. The molecular formula is C11H11N3. The van der Waals surface area contributed by atoms with Crippen LogP contribution in [0, 0.1) is 0 Å². The van der Waals surface area contributed by atoms with Crippen molar-refractivity contribution in [1.29, 1.82) is 0 Å². The maximum Gasteiger partial charge on any atom is 0.112 e. The first-order chi connectivity index (χ1) is 6.92. The highest BCUT2D eigenvalue weighted by Gasteiger charge is 2.26. The van der Waals surface area contributed by atoms with Gasteiger partial charge in [0, 0.05) is 5.56 Å². The van der Waals surface area contributed by atoms with Gasteiger partial charge in [-0.2, -0.15) is 0 Å². The summed E-state index contributed by atoms with van der Waals surface area (Å²) in [5, 5.41) is 3.29. The minimum absolute atomic E-state index is 0.240. The van der Waals surface area contributed by atoms with Crippen molar-refractivity contribution < 1.29 is 0 Å². The van der Waals surface area contributed by atoms with Gasteiger partial charge in [-0.05, 0) is 12.6 Å². The molecule has 1 aliphatic rings. The Bertz CT molecular complexity index is 473. The molecule has 0 saturated carbocycles. The lowest BCUT2D eigenvalue weighted by molar-refractivity contribution is 0.534. The van der Waals surface area contributed by atoms with Gasteiger partial charge in [0.15, 0.2) is 0 Å². The molecule has 1 aliphatic heterocycles. The van der Waals surface area contributed by atoms with Gasteiger partial charge in [-0.3, -0.25) is 5.32 Å². The Labute approximate surface area is 82.4 Å². The van der Waals surface area contributed by atoms with Crippen molar-refractivity contribution in [3.63, 3.8) is 0 Å². The first-order valence-corrected chi connectivity index (χ1v) is 4.70. The van der Waals surface area contributed by atoms with E-state index in [0.717, 1.165) is 0 Å². The van der Waals surface area contributed by atoms with Crippen molar-refractivity contribution in [2.24, 2.45) is 0 Å². The summed E-state index contributed by atoms with van der Waals surface area (Å²) in [6.45, 7) is 0. The van der Waals surface area contributed by atoms with E-state index in [1.807, 2.05) is 19.6 Å². The van der Waals surface area contributed by atoms with Gasteiger partial charge in [-0.15, -0.1) is 0 Å².